The van der Waals surface area contributed by atoms with Gasteiger partial charge in [-0.05, 0) is 24.6 Å². The van der Waals surface area contributed by atoms with E-state index in [0.29, 0.717) is 12.5 Å². The Labute approximate surface area is 95.2 Å². The zero-order valence-electron chi connectivity index (χ0n) is 8.97. The standard InChI is InChI=1S/C11H10F4O2/c1-2-5-17-9-4-3-7(12)6-8(9)10(16)11(13,14)15/h3-4,6H,2,5H2,1H3. The summed E-state index contributed by atoms with van der Waals surface area (Å²) in [7, 11) is 0. The minimum atomic E-state index is -5.04. The zero-order chi connectivity index (χ0) is 13.1. The lowest BCUT2D eigenvalue weighted by Gasteiger charge is -2.11. The van der Waals surface area contributed by atoms with E-state index in [1.165, 1.54) is 0 Å². The topological polar surface area (TPSA) is 26.3 Å². The van der Waals surface area contributed by atoms with Gasteiger partial charge in [-0.1, -0.05) is 6.92 Å². The van der Waals surface area contributed by atoms with Crippen LogP contribution in [0.5, 0.6) is 5.75 Å². The van der Waals surface area contributed by atoms with Gasteiger partial charge in [0.25, 0.3) is 5.78 Å². The van der Waals surface area contributed by atoms with Crippen molar-refractivity contribution in [2.75, 3.05) is 6.61 Å². The van der Waals surface area contributed by atoms with Crippen LogP contribution in [0.4, 0.5) is 17.6 Å². The van der Waals surface area contributed by atoms with Gasteiger partial charge in [0, 0.05) is 0 Å². The molecule has 0 saturated carbocycles. The van der Waals surface area contributed by atoms with Crippen molar-refractivity contribution in [1.29, 1.82) is 0 Å². The summed E-state index contributed by atoms with van der Waals surface area (Å²) in [6.45, 7) is 1.92. The number of Topliss-reactive ketones (excluding diaryl/α,β-unsaturated/α-hetero) is 1. The van der Waals surface area contributed by atoms with E-state index in [9.17, 15) is 22.4 Å². The van der Waals surface area contributed by atoms with Crippen molar-refractivity contribution >= 4 is 5.78 Å². The largest absolute Gasteiger partial charge is 0.493 e. The fourth-order valence-electron chi connectivity index (χ4n) is 1.17. The molecule has 0 aromatic heterocycles. The number of ketones is 1. The van der Waals surface area contributed by atoms with Gasteiger partial charge in [0.2, 0.25) is 0 Å². The molecule has 1 aromatic carbocycles. The van der Waals surface area contributed by atoms with Gasteiger partial charge in [-0.25, -0.2) is 4.39 Å². The van der Waals surface area contributed by atoms with Crippen molar-refractivity contribution in [2.45, 2.75) is 19.5 Å². The highest BCUT2D eigenvalue weighted by Gasteiger charge is 2.41. The van der Waals surface area contributed by atoms with E-state index in [0.717, 1.165) is 12.1 Å². The summed E-state index contributed by atoms with van der Waals surface area (Å²) in [6.07, 6.45) is -4.48. The molecule has 0 atom stereocenters. The molecular weight excluding hydrogens is 240 g/mol. The summed E-state index contributed by atoms with van der Waals surface area (Å²) in [5.41, 5.74) is -0.800. The molecule has 0 fully saturated rings. The van der Waals surface area contributed by atoms with Gasteiger partial charge in [0.05, 0.1) is 12.2 Å². The van der Waals surface area contributed by atoms with Crippen molar-refractivity contribution in [3.8, 4) is 5.75 Å². The summed E-state index contributed by atoms with van der Waals surface area (Å²) < 4.78 is 54.5. The molecular formula is C11H10F4O2. The molecule has 0 spiro atoms. The summed E-state index contributed by atoms with van der Waals surface area (Å²) >= 11 is 0. The van der Waals surface area contributed by atoms with Crippen LogP contribution < -0.4 is 4.74 Å². The molecule has 0 aliphatic heterocycles. The maximum Gasteiger partial charge on any atom is 0.455 e. The smallest absolute Gasteiger partial charge is 0.455 e. The summed E-state index contributed by atoms with van der Waals surface area (Å²) in [4.78, 5) is 11.0. The van der Waals surface area contributed by atoms with Crippen LogP contribution in [-0.2, 0) is 0 Å². The van der Waals surface area contributed by atoms with Crippen LogP contribution in [0, 0.1) is 5.82 Å². The van der Waals surface area contributed by atoms with E-state index in [1.807, 2.05) is 0 Å². The maximum atomic E-state index is 12.8. The molecule has 0 amide bonds. The summed E-state index contributed by atoms with van der Waals surface area (Å²) in [5, 5.41) is 0. The van der Waals surface area contributed by atoms with Crippen LogP contribution in [0.15, 0.2) is 18.2 Å². The summed E-state index contributed by atoms with van der Waals surface area (Å²) in [6, 6.07) is 2.49. The van der Waals surface area contributed by atoms with Crippen molar-refractivity contribution < 1.29 is 27.1 Å². The zero-order valence-corrected chi connectivity index (χ0v) is 8.97. The second-order valence-electron chi connectivity index (χ2n) is 3.32. The number of ether oxygens (including phenoxy) is 1. The first-order valence-corrected chi connectivity index (χ1v) is 4.90. The highest BCUT2D eigenvalue weighted by Crippen LogP contribution is 2.28. The Balaban J connectivity index is 3.11. The molecule has 2 nitrogen and oxygen atoms in total. The quantitative estimate of drug-likeness (QED) is 0.605. The fourth-order valence-corrected chi connectivity index (χ4v) is 1.17. The van der Waals surface area contributed by atoms with Gasteiger partial charge >= 0.3 is 6.18 Å². The molecule has 0 unspecified atom stereocenters. The molecule has 0 aliphatic rings. The van der Waals surface area contributed by atoms with Crippen molar-refractivity contribution in [3.05, 3.63) is 29.6 Å². The first-order valence-electron chi connectivity index (χ1n) is 4.90. The molecule has 0 N–H and O–H groups in total. The molecule has 0 radical (unpaired) electrons. The molecule has 0 saturated heterocycles. The number of halogens is 4. The van der Waals surface area contributed by atoms with E-state index < -0.39 is 23.3 Å². The first-order chi connectivity index (χ1) is 7.86. The Hall–Kier alpha value is -1.59. The van der Waals surface area contributed by atoms with Gasteiger partial charge in [-0.15, -0.1) is 0 Å². The van der Waals surface area contributed by atoms with Crippen LogP contribution in [0.1, 0.15) is 23.7 Å². The minimum Gasteiger partial charge on any atom is -0.493 e. The maximum absolute atomic E-state index is 12.8. The van der Waals surface area contributed by atoms with Crippen molar-refractivity contribution in [2.24, 2.45) is 0 Å². The second kappa shape index (κ2) is 5.16. The SMILES string of the molecule is CCCOc1ccc(F)cc1C(=O)C(F)(F)F. The van der Waals surface area contributed by atoms with Crippen LogP contribution in [0.25, 0.3) is 0 Å². The Morgan fingerprint density at radius 3 is 2.53 bits per heavy atom. The Kier molecular flexibility index (Phi) is 4.09. The third kappa shape index (κ3) is 3.44. The number of hydrogen-bond acceptors (Lipinski definition) is 2. The van der Waals surface area contributed by atoms with Crippen molar-refractivity contribution in [1.82, 2.24) is 0 Å². The first kappa shape index (κ1) is 13.5. The number of rotatable bonds is 4. The third-order valence-electron chi connectivity index (χ3n) is 1.91. The van der Waals surface area contributed by atoms with Crippen LogP contribution in [0.3, 0.4) is 0 Å². The second-order valence-corrected chi connectivity index (χ2v) is 3.32. The van der Waals surface area contributed by atoms with Crippen molar-refractivity contribution in [3.63, 3.8) is 0 Å². The average Bonchev–Trinajstić information content (AvgIpc) is 2.25. The summed E-state index contributed by atoms with van der Waals surface area (Å²) in [5.74, 6) is -3.28. The third-order valence-corrected chi connectivity index (χ3v) is 1.91. The van der Waals surface area contributed by atoms with Crippen LogP contribution >= 0.6 is 0 Å². The lowest BCUT2D eigenvalue weighted by Crippen LogP contribution is -2.23. The molecule has 0 bridgehead atoms. The molecule has 17 heavy (non-hydrogen) atoms. The number of hydrogen-bond donors (Lipinski definition) is 0. The number of alkyl halides is 3. The van der Waals surface area contributed by atoms with E-state index in [1.54, 1.807) is 6.92 Å². The lowest BCUT2D eigenvalue weighted by molar-refractivity contribution is -0.0886. The average molecular weight is 250 g/mol. The Bertz CT molecular complexity index is 412. The molecule has 0 heterocycles. The molecule has 6 heteroatoms. The van der Waals surface area contributed by atoms with Gasteiger partial charge in [-0.3, -0.25) is 4.79 Å². The van der Waals surface area contributed by atoms with Gasteiger partial charge in [0.15, 0.2) is 0 Å². The molecule has 1 aromatic rings. The number of carbonyl (C=O) groups excluding carboxylic acids is 1. The van der Waals surface area contributed by atoms with E-state index in [-0.39, 0.29) is 12.4 Å². The Morgan fingerprint density at radius 1 is 1.35 bits per heavy atom. The molecule has 1 rings (SSSR count). The molecule has 0 aliphatic carbocycles. The number of benzene rings is 1. The Morgan fingerprint density at radius 2 is 2.00 bits per heavy atom. The number of carbonyl (C=O) groups is 1. The minimum absolute atomic E-state index is 0.157. The molecule has 94 valence electrons. The van der Waals surface area contributed by atoms with Gasteiger partial charge in [0.1, 0.15) is 11.6 Å². The van der Waals surface area contributed by atoms with Crippen LogP contribution in [-0.4, -0.2) is 18.6 Å². The van der Waals surface area contributed by atoms with Crippen LogP contribution in [0.2, 0.25) is 0 Å². The lowest BCUT2D eigenvalue weighted by atomic mass is 10.1. The predicted molar refractivity (Wildman–Crippen MR) is 52.6 cm³/mol. The van der Waals surface area contributed by atoms with E-state index in [2.05, 4.69) is 0 Å². The highest BCUT2D eigenvalue weighted by molar-refractivity contribution is 6.02. The van der Waals surface area contributed by atoms with Gasteiger partial charge < -0.3 is 4.74 Å². The normalized spacial score (nSPS) is 11.4. The van der Waals surface area contributed by atoms with E-state index in [4.69, 9.17) is 4.74 Å². The monoisotopic (exact) mass is 250 g/mol. The fraction of sp³-hybridized carbons (Fsp3) is 0.364. The highest BCUT2D eigenvalue weighted by atomic mass is 19.4. The van der Waals surface area contributed by atoms with E-state index >= 15 is 0 Å². The predicted octanol–water partition coefficient (Wildman–Crippen LogP) is 3.36. The van der Waals surface area contributed by atoms with Gasteiger partial charge in [-0.2, -0.15) is 13.2 Å².